The van der Waals surface area contributed by atoms with Crippen LogP contribution in [0.1, 0.15) is 10.4 Å². The number of anilines is 3. The summed E-state index contributed by atoms with van der Waals surface area (Å²) < 4.78 is 65.3. The van der Waals surface area contributed by atoms with Gasteiger partial charge in [0.05, 0.1) is 24.0 Å². The molecule has 0 spiro atoms. The number of benzene rings is 2. The highest BCUT2D eigenvalue weighted by atomic mass is 32.2. The van der Waals surface area contributed by atoms with Crippen molar-refractivity contribution in [2.24, 2.45) is 0 Å². The van der Waals surface area contributed by atoms with Gasteiger partial charge in [0.1, 0.15) is 9.96 Å². The van der Waals surface area contributed by atoms with Gasteiger partial charge in [-0.3, -0.25) is 4.72 Å². The molecule has 0 amide bonds. The number of thiophene rings is 1. The van der Waals surface area contributed by atoms with Crippen molar-refractivity contribution in [3.63, 3.8) is 0 Å². The lowest BCUT2D eigenvalue weighted by atomic mass is 10.1. The first-order chi connectivity index (χ1) is 18.3. The van der Waals surface area contributed by atoms with Crippen LogP contribution < -0.4 is 19.3 Å². The highest BCUT2D eigenvalue weighted by Gasteiger charge is 2.38. The summed E-state index contributed by atoms with van der Waals surface area (Å²) >= 11 is 1.11. The molecule has 0 saturated carbocycles. The van der Waals surface area contributed by atoms with Crippen LogP contribution in [0.2, 0.25) is 0 Å². The van der Waals surface area contributed by atoms with E-state index in [0.29, 0.717) is 18.8 Å². The number of hydrogen-bond donors (Lipinski definition) is 3. The first kappa shape index (κ1) is 29.6. The van der Waals surface area contributed by atoms with E-state index in [1.165, 1.54) is 18.2 Å². The Labute approximate surface area is 225 Å². The number of carboxylic acids is 2. The highest BCUT2D eigenvalue weighted by molar-refractivity contribution is 7.94. The number of rotatable bonds is 7. The van der Waals surface area contributed by atoms with E-state index in [0.717, 1.165) is 35.9 Å². The van der Waals surface area contributed by atoms with E-state index in [9.17, 15) is 31.5 Å². The monoisotopic (exact) mass is 587 g/mol. The van der Waals surface area contributed by atoms with Crippen LogP contribution in [0.15, 0.2) is 64.2 Å². The number of piperazine rings is 1. The van der Waals surface area contributed by atoms with Gasteiger partial charge in [0.25, 0.3) is 10.0 Å². The molecule has 4 rings (SSSR count). The number of halogens is 3. The van der Waals surface area contributed by atoms with Crippen molar-refractivity contribution in [2.75, 3.05) is 47.8 Å². The van der Waals surface area contributed by atoms with Gasteiger partial charge in [0, 0.05) is 31.9 Å². The predicted molar refractivity (Wildman–Crippen MR) is 140 cm³/mol. The van der Waals surface area contributed by atoms with Crippen molar-refractivity contribution in [3.8, 4) is 5.75 Å². The summed E-state index contributed by atoms with van der Waals surface area (Å²) in [6.07, 6.45) is -5.08. The van der Waals surface area contributed by atoms with Crippen LogP contribution in [0.5, 0.6) is 5.75 Å². The van der Waals surface area contributed by atoms with Gasteiger partial charge < -0.3 is 24.7 Å². The third-order valence-electron chi connectivity index (χ3n) is 5.55. The number of carboxylic acid groups (broad SMARTS) is 2. The number of sulfonamides is 1. The Hall–Kier alpha value is -3.98. The zero-order valence-corrected chi connectivity index (χ0v) is 22.0. The molecule has 1 saturated heterocycles. The second-order valence-corrected chi connectivity index (χ2v) is 10.9. The number of nitrogens with zero attached hydrogens (tertiary/aromatic N) is 2. The molecule has 0 unspecified atom stereocenters. The minimum absolute atomic E-state index is 0.0227. The molecule has 10 nitrogen and oxygen atoms in total. The highest BCUT2D eigenvalue weighted by Crippen LogP contribution is 2.32. The molecule has 0 radical (unpaired) electrons. The van der Waals surface area contributed by atoms with Crippen molar-refractivity contribution in [1.82, 2.24) is 0 Å². The third kappa shape index (κ3) is 7.77. The molecule has 1 aromatic heterocycles. The summed E-state index contributed by atoms with van der Waals surface area (Å²) in [6, 6.07) is 15.6. The number of aromatic carboxylic acids is 1. The summed E-state index contributed by atoms with van der Waals surface area (Å²) in [5.41, 5.74) is 2.03. The summed E-state index contributed by atoms with van der Waals surface area (Å²) in [4.78, 5) is 24.7. The fourth-order valence-electron chi connectivity index (χ4n) is 3.64. The number of alkyl halides is 3. The molecule has 1 fully saturated rings. The van der Waals surface area contributed by atoms with Gasteiger partial charge in [0.2, 0.25) is 0 Å². The largest absolute Gasteiger partial charge is 0.497 e. The van der Waals surface area contributed by atoms with Gasteiger partial charge in [-0.2, -0.15) is 13.2 Å². The summed E-state index contributed by atoms with van der Waals surface area (Å²) in [7, 11) is -2.17. The lowest BCUT2D eigenvalue weighted by molar-refractivity contribution is -0.192. The number of ether oxygens (including phenoxy) is 1. The molecule has 0 atom stereocenters. The van der Waals surface area contributed by atoms with Crippen LogP contribution in [-0.4, -0.2) is 70.0 Å². The van der Waals surface area contributed by atoms with Gasteiger partial charge in [0.15, 0.2) is 0 Å². The van der Waals surface area contributed by atoms with Crippen LogP contribution in [-0.2, 0) is 14.8 Å². The van der Waals surface area contributed by atoms with Gasteiger partial charge in [-0.05, 0) is 53.9 Å². The van der Waals surface area contributed by atoms with Crippen LogP contribution in [0.4, 0.5) is 30.2 Å². The van der Waals surface area contributed by atoms with Gasteiger partial charge >= 0.3 is 18.1 Å². The van der Waals surface area contributed by atoms with E-state index in [4.69, 9.17) is 14.6 Å². The first-order valence-corrected chi connectivity index (χ1v) is 13.6. The molecule has 15 heteroatoms. The van der Waals surface area contributed by atoms with Gasteiger partial charge in [-0.1, -0.05) is 6.07 Å². The van der Waals surface area contributed by atoms with Crippen molar-refractivity contribution in [1.29, 1.82) is 0 Å². The van der Waals surface area contributed by atoms with Crippen molar-refractivity contribution >= 4 is 50.4 Å². The topological polar surface area (TPSA) is 136 Å². The van der Waals surface area contributed by atoms with E-state index in [1.54, 1.807) is 24.6 Å². The van der Waals surface area contributed by atoms with Crippen molar-refractivity contribution < 1.29 is 46.1 Å². The fraction of sp³-hybridized carbons (Fsp3) is 0.250. The Bertz CT molecular complexity index is 1390. The molecule has 1 aliphatic heterocycles. The second-order valence-electron chi connectivity index (χ2n) is 8.05. The predicted octanol–water partition coefficient (Wildman–Crippen LogP) is 4.22. The maximum absolute atomic E-state index is 12.8. The minimum Gasteiger partial charge on any atom is -0.497 e. The Morgan fingerprint density at radius 3 is 2.05 bits per heavy atom. The number of nitrogens with one attached hydrogen (secondary N) is 1. The number of carbonyl (C=O) groups is 2. The first-order valence-electron chi connectivity index (χ1n) is 11.2. The smallest absolute Gasteiger partial charge is 0.490 e. The molecule has 210 valence electrons. The van der Waals surface area contributed by atoms with Crippen LogP contribution >= 0.6 is 11.3 Å². The number of hydrogen-bond acceptors (Lipinski definition) is 8. The van der Waals surface area contributed by atoms with Crippen molar-refractivity contribution in [2.45, 2.75) is 10.4 Å². The standard InChI is InChI=1S/C22H23N3O5S2.C2HF3O2/c1-30-18-7-5-17(6-8-18)24-10-12-25(13-11-24)20-9-4-16(22(26)27)15-19(20)23-32(28,29)21-3-2-14-31-21;3-2(4,5)1(6)7/h2-9,14-15,23H,10-13H2,1H3,(H,26,27);(H,6,7). The molecule has 39 heavy (non-hydrogen) atoms. The average molecular weight is 588 g/mol. The molecular formula is C24H24F3N3O7S2. The average Bonchev–Trinajstić information content (AvgIpc) is 3.45. The maximum atomic E-state index is 12.8. The van der Waals surface area contributed by atoms with Crippen LogP contribution in [0.3, 0.4) is 0 Å². The fourth-order valence-corrected chi connectivity index (χ4v) is 5.69. The molecule has 3 N–H and O–H groups in total. The van der Waals surface area contributed by atoms with E-state index in [-0.39, 0.29) is 15.5 Å². The minimum atomic E-state index is -5.08. The second kappa shape index (κ2) is 12.3. The lowest BCUT2D eigenvalue weighted by Crippen LogP contribution is -2.46. The Morgan fingerprint density at radius 2 is 1.56 bits per heavy atom. The lowest BCUT2D eigenvalue weighted by Gasteiger charge is -2.38. The quantitative estimate of drug-likeness (QED) is 0.371. The zero-order valence-electron chi connectivity index (χ0n) is 20.4. The summed E-state index contributed by atoms with van der Waals surface area (Å²) in [5.74, 6) is -3.07. The van der Waals surface area contributed by atoms with Crippen molar-refractivity contribution in [3.05, 3.63) is 65.5 Å². The van der Waals surface area contributed by atoms with E-state index >= 15 is 0 Å². The molecule has 2 aromatic carbocycles. The molecular weight excluding hydrogens is 563 g/mol. The van der Waals surface area contributed by atoms with Crippen LogP contribution in [0, 0.1) is 0 Å². The number of aliphatic carboxylic acids is 1. The van der Waals surface area contributed by atoms with Gasteiger partial charge in [-0.25, -0.2) is 18.0 Å². The normalized spacial score (nSPS) is 13.7. The molecule has 0 bridgehead atoms. The maximum Gasteiger partial charge on any atom is 0.490 e. The summed E-state index contributed by atoms with van der Waals surface area (Å²) in [5, 5.41) is 18.2. The number of methoxy groups -OCH3 is 1. The van der Waals surface area contributed by atoms with Gasteiger partial charge in [-0.15, -0.1) is 11.3 Å². The Kier molecular flexibility index (Phi) is 9.29. The Morgan fingerprint density at radius 1 is 0.974 bits per heavy atom. The third-order valence-corrected chi connectivity index (χ3v) is 8.31. The Balaban J connectivity index is 0.000000532. The summed E-state index contributed by atoms with van der Waals surface area (Å²) in [6.45, 7) is 2.80. The molecule has 3 aromatic rings. The SMILES string of the molecule is COc1ccc(N2CCN(c3ccc(C(=O)O)cc3NS(=O)(=O)c3cccs3)CC2)cc1.O=C(O)C(F)(F)F. The molecule has 0 aliphatic carbocycles. The van der Waals surface area contributed by atoms with Crippen LogP contribution in [0.25, 0.3) is 0 Å². The van der Waals surface area contributed by atoms with E-state index in [2.05, 4.69) is 14.5 Å². The zero-order chi connectivity index (χ0) is 28.8. The molecule has 2 heterocycles. The molecule has 1 aliphatic rings. The van der Waals surface area contributed by atoms with E-state index in [1.807, 2.05) is 24.3 Å². The van der Waals surface area contributed by atoms with E-state index < -0.39 is 28.1 Å².